The van der Waals surface area contributed by atoms with Crippen molar-refractivity contribution < 1.29 is 19.8 Å². The maximum absolute atomic E-state index is 9.55. The van der Waals surface area contributed by atoms with Crippen LogP contribution >= 0.6 is 0 Å². The molecular formula is C21H24N2O4. The van der Waals surface area contributed by atoms with Crippen molar-refractivity contribution in [3.8, 4) is 11.3 Å². The Kier molecular flexibility index (Phi) is 5.46. The van der Waals surface area contributed by atoms with Crippen molar-refractivity contribution in [2.75, 3.05) is 6.54 Å². The highest BCUT2D eigenvalue weighted by Crippen LogP contribution is 2.42. The standard InChI is InChI=1S/C17H20N2.C4H4O4/c1-11-9-13-10-16-12(2)18-7-8-19(16)17(13)15-6-4-3-5-14(11)15;5-3(6)1-2-4(7)8/h3-6,10-12,18H,7-9H2,1-2H3;1-2H,(H,5,6)(H,7,8). The molecule has 3 N–H and O–H groups in total. The third-order valence-electron chi connectivity index (χ3n) is 5.08. The van der Waals surface area contributed by atoms with E-state index >= 15 is 0 Å². The van der Waals surface area contributed by atoms with Crippen LogP contribution in [0.1, 0.15) is 42.6 Å². The molecule has 0 saturated carbocycles. The maximum atomic E-state index is 9.55. The average Bonchev–Trinajstić information content (AvgIpc) is 3.01. The summed E-state index contributed by atoms with van der Waals surface area (Å²) in [5, 5.41) is 19.2. The second-order valence-corrected chi connectivity index (χ2v) is 6.97. The minimum Gasteiger partial charge on any atom is -0.478 e. The number of aromatic nitrogens is 1. The van der Waals surface area contributed by atoms with Gasteiger partial charge < -0.3 is 20.1 Å². The molecule has 1 aromatic heterocycles. The van der Waals surface area contributed by atoms with E-state index in [9.17, 15) is 9.59 Å². The van der Waals surface area contributed by atoms with Crippen molar-refractivity contribution in [3.63, 3.8) is 0 Å². The molecule has 2 heterocycles. The van der Waals surface area contributed by atoms with E-state index in [1.807, 2.05) is 0 Å². The fourth-order valence-corrected chi connectivity index (χ4v) is 3.92. The van der Waals surface area contributed by atoms with Gasteiger partial charge in [0.1, 0.15) is 0 Å². The molecule has 1 aliphatic heterocycles. The highest BCUT2D eigenvalue weighted by atomic mass is 16.4. The van der Waals surface area contributed by atoms with Crippen LogP contribution in [0.15, 0.2) is 42.5 Å². The Bertz CT molecular complexity index is 882. The van der Waals surface area contributed by atoms with E-state index in [-0.39, 0.29) is 0 Å². The van der Waals surface area contributed by atoms with Gasteiger partial charge in [0.2, 0.25) is 0 Å². The SMILES string of the molecule is CC1Cc2cc3n(c2-c2ccccc21)CCNC3C.O=C(O)C=CC(=O)O. The maximum Gasteiger partial charge on any atom is 0.328 e. The van der Waals surface area contributed by atoms with Crippen molar-refractivity contribution in [3.05, 3.63) is 59.3 Å². The molecule has 0 spiro atoms. The van der Waals surface area contributed by atoms with Crippen LogP contribution in [-0.2, 0) is 22.6 Å². The lowest BCUT2D eigenvalue weighted by molar-refractivity contribution is -0.134. The zero-order valence-corrected chi connectivity index (χ0v) is 15.5. The molecule has 2 unspecified atom stereocenters. The average molecular weight is 368 g/mol. The summed E-state index contributed by atoms with van der Waals surface area (Å²) in [5.41, 5.74) is 7.45. The van der Waals surface area contributed by atoms with Crippen LogP contribution in [0.2, 0.25) is 0 Å². The first-order valence-corrected chi connectivity index (χ1v) is 9.07. The van der Waals surface area contributed by atoms with Crippen molar-refractivity contribution in [1.29, 1.82) is 0 Å². The van der Waals surface area contributed by atoms with E-state index < -0.39 is 11.9 Å². The highest BCUT2D eigenvalue weighted by Gasteiger charge is 2.29. The predicted molar refractivity (Wildman–Crippen MR) is 103 cm³/mol. The van der Waals surface area contributed by atoms with Gasteiger partial charge in [0.05, 0.1) is 5.69 Å². The summed E-state index contributed by atoms with van der Waals surface area (Å²) in [6.45, 7) is 6.79. The number of aliphatic carboxylic acids is 2. The van der Waals surface area contributed by atoms with Gasteiger partial charge in [-0.15, -0.1) is 0 Å². The van der Waals surface area contributed by atoms with Gasteiger partial charge in [-0.05, 0) is 36.5 Å². The molecule has 0 saturated heterocycles. The lowest BCUT2D eigenvalue weighted by Crippen LogP contribution is -2.31. The summed E-state index contributed by atoms with van der Waals surface area (Å²) in [5.74, 6) is -1.88. The van der Waals surface area contributed by atoms with Gasteiger partial charge in [-0.25, -0.2) is 9.59 Å². The molecule has 2 aliphatic rings. The summed E-state index contributed by atoms with van der Waals surface area (Å²) < 4.78 is 2.54. The number of fused-ring (bicyclic) bond motifs is 5. The smallest absolute Gasteiger partial charge is 0.328 e. The first kappa shape index (κ1) is 18.9. The topological polar surface area (TPSA) is 91.6 Å². The second kappa shape index (κ2) is 7.80. The summed E-state index contributed by atoms with van der Waals surface area (Å²) in [6.07, 6.45) is 2.30. The highest BCUT2D eigenvalue weighted by molar-refractivity contribution is 5.89. The van der Waals surface area contributed by atoms with Crippen molar-refractivity contribution >= 4 is 11.9 Å². The largest absolute Gasteiger partial charge is 0.478 e. The molecule has 0 bridgehead atoms. The van der Waals surface area contributed by atoms with Crippen molar-refractivity contribution in [2.45, 2.75) is 38.8 Å². The Morgan fingerprint density at radius 1 is 1.15 bits per heavy atom. The number of hydrogen-bond donors (Lipinski definition) is 3. The minimum absolute atomic E-state index is 0.474. The Hall–Kier alpha value is -2.86. The van der Waals surface area contributed by atoms with Gasteiger partial charge in [-0.3, -0.25) is 0 Å². The Morgan fingerprint density at radius 3 is 2.48 bits per heavy atom. The first-order valence-electron chi connectivity index (χ1n) is 9.07. The molecule has 1 aliphatic carbocycles. The van der Waals surface area contributed by atoms with Crippen LogP contribution < -0.4 is 5.32 Å². The molecule has 27 heavy (non-hydrogen) atoms. The van der Waals surface area contributed by atoms with E-state index in [2.05, 4.69) is 54.1 Å². The van der Waals surface area contributed by atoms with Crippen LogP contribution in [0.4, 0.5) is 0 Å². The van der Waals surface area contributed by atoms with E-state index in [1.54, 1.807) is 0 Å². The summed E-state index contributed by atoms with van der Waals surface area (Å²) >= 11 is 0. The van der Waals surface area contributed by atoms with Crippen LogP contribution in [0.25, 0.3) is 11.3 Å². The molecule has 4 rings (SSSR count). The predicted octanol–water partition coefficient (Wildman–Crippen LogP) is 3.19. The number of carbonyl (C=O) groups is 2. The summed E-state index contributed by atoms with van der Waals surface area (Å²) in [7, 11) is 0. The van der Waals surface area contributed by atoms with Crippen LogP contribution in [0.3, 0.4) is 0 Å². The van der Waals surface area contributed by atoms with Gasteiger partial charge in [0.25, 0.3) is 0 Å². The molecule has 6 heteroatoms. The monoisotopic (exact) mass is 368 g/mol. The lowest BCUT2D eigenvalue weighted by atomic mass is 9.83. The van der Waals surface area contributed by atoms with Crippen LogP contribution in [0, 0.1) is 0 Å². The Labute approximate surface area is 158 Å². The molecule has 6 nitrogen and oxygen atoms in total. The Morgan fingerprint density at radius 2 is 1.81 bits per heavy atom. The molecule has 2 atom stereocenters. The molecule has 142 valence electrons. The number of carboxylic acids is 2. The Balaban J connectivity index is 0.000000226. The summed E-state index contributed by atoms with van der Waals surface area (Å²) in [4.78, 5) is 19.1. The minimum atomic E-state index is -1.26. The number of carboxylic acid groups (broad SMARTS) is 2. The molecule has 0 amide bonds. The van der Waals surface area contributed by atoms with Gasteiger partial charge in [-0.1, -0.05) is 31.2 Å². The number of rotatable bonds is 2. The zero-order valence-electron chi connectivity index (χ0n) is 15.5. The number of hydrogen-bond acceptors (Lipinski definition) is 3. The van der Waals surface area contributed by atoms with E-state index in [4.69, 9.17) is 10.2 Å². The zero-order chi connectivity index (χ0) is 19.6. The van der Waals surface area contributed by atoms with E-state index in [0.717, 1.165) is 13.1 Å². The van der Waals surface area contributed by atoms with Gasteiger partial charge >= 0.3 is 11.9 Å². The van der Waals surface area contributed by atoms with E-state index in [1.165, 1.54) is 34.5 Å². The molecular weight excluding hydrogens is 344 g/mol. The fraction of sp³-hybridized carbons (Fsp3) is 0.333. The number of benzene rings is 1. The quantitative estimate of drug-likeness (QED) is 0.708. The van der Waals surface area contributed by atoms with E-state index in [0.29, 0.717) is 24.1 Å². The van der Waals surface area contributed by atoms with Crippen molar-refractivity contribution in [1.82, 2.24) is 9.88 Å². The number of nitrogens with one attached hydrogen (secondary N) is 1. The van der Waals surface area contributed by atoms with Gasteiger partial charge in [0.15, 0.2) is 0 Å². The summed E-state index contributed by atoms with van der Waals surface area (Å²) in [6, 6.07) is 11.8. The van der Waals surface area contributed by atoms with Crippen LogP contribution in [-0.4, -0.2) is 33.3 Å². The molecule has 1 aromatic carbocycles. The molecule has 2 aromatic rings. The second-order valence-electron chi connectivity index (χ2n) is 6.97. The third-order valence-corrected chi connectivity index (χ3v) is 5.08. The molecule has 0 radical (unpaired) electrons. The first-order chi connectivity index (χ1) is 12.9. The molecule has 0 fully saturated rings. The number of nitrogens with zero attached hydrogens (tertiary/aromatic N) is 1. The van der Waals surface area contributed by atoms with Crippen molar-refractivity contribution in [2.24, 2.45) is 0 Å². The fourth-order valence-electron chi connectivity index (χ4n) is 3.92. The van der Waals surface area contributed by atoms with Crippen LogP contribution in [0.5, 0.6) is 0 Å². The van der Waals surface area contributed by atoms with Gasteiger partial charge in [-0.2, -0.15) is 0 Å². The third kappa shape index (κ3) is 3.95. The lowest BCUT2D eigenvalue weighted by Gasteiger charge is -2.28. The normalized spacial score (nSPS) is 20.1. The van der Waals surface area contributed by atoms with Gasteiger partial charge in [0, 0.05) is 42.5 Å².